The summed E-state index contributed by atoms with van der Waals surface area (Å²) in [6.07, 6.45) is 0. The number of β-lactam (4-membered cyclic amide) rings is 1. The summed E-state index contributed by atoms with van der Waals surface area (Å²) in [7, 11) is 1.48. The van der Waals surface area contributed by atoms with Crippen LogP contribution in [0.2, 0.25) is 0 Å². The van der Waals surface area contributed by atoms with Crippen molar-refractivity contribution < 1.29 is 24.2 Å². The SMILES string of the molecule is COCC1=C(C(=O)O)N2C(=O)C(N(C(=O)CN)c3ccc4ccccc4c3)[C@@H]2SC1. The molecule has 0 aliphatic carbocycles. The highest BCUT2D eigenvalue weighted by atomic mass is 32.2. The van der Waals surface area contributed by atoms with Crippen LogP contribution in [-0.2, 0) is 19.1 Å². The lowest BCUT2D eigenvalue weighted by atomic mass is 9.99. The number of nitrogens with zero attached hydrogens (tertiary/aromatic N) is 2. The number of anilines is 1. The number of methoxy groups -OCH3 is 1. The topological polar surface area (TPSA) is 113 Å². The summed E-state index contributed by atoms with van der Waals surface area (Å²) >= 11 is 1.42. The van der Waals surface area contributed by atoms with Gasteiger partial charge >= 0.3 is 5.97 Å². The van der Waals surface area contributed by atoms with Gasteiger partial charge in [0.1, 0.15) is 17.1 Å². The lowest BCUT2D eigenvalue weighted by Gasteiger charge is -2.52. The van der Waals surface area contributed by atoms with Gasteiger partial charge < -0.3 is 15.6 Å². The molecule has 0 saturated carbocycles. The van der Waals surface area contributed by atoms with Gasteiger partial charge in [0, 0.05) is 18.6 Å². The fourth-order valence-electron chi connectivity index (χ4n) is 3.94. The quantitative estimate of drug-likeness (QED) is 0.670. The molecule has 2 aromatic carbocycles. The van der Waals surface area contributed by atoms with E-state index in [1.165, 1.54) is 28.7 Å². The second-order valence-corrected chi connectivity index (χ2v) is 8.15. The van der Waals surface area contributed by atoms with Crippen molar-refractivity contribution in [3.8, 4) is 0 Å². The third kappa shape index (κ3) is 3.24. The second kappa shape index (κ2) is 8.10. The number of rotatable bonds is 6. The first-order valence-electron chi connectivity index (χ1n) is 9.37. The zero-order chi connectivity index (χ0) is 21.4. The molecule has 0 aromatic heterocycles. The molecule has 2 heterocycles. The molecule has 9 heteroatoms. The normalized spacial score (nSPS) is 20.7. The summed E-state index contributed by atoms with van der Waals surface area (Å²) in [4.78, 5) is 40.4. The van der Waals surface area contributed by atoms with Gasteiger partial charge in [-0.2, -0.15) is 0 Å². The Morgan fingerprint density at radius 1 is 1.27 bits per heavy atom. The van der Waals surface area contributed by atoms with Gasteiger partial charge in [0.25, 0.3) is 5.91 Å². The molecule has 0 bridgehead atoms. The smallest absolute Gasteiger partial charge is 0.352 e. The van der Waals surface area contributed by atoms with Crippen LogP contribution in [0.3, 0.4) is 0 Å². The summed E-state index contributed by atoms with van der Waals surface area (Å²) in [5, 5.41) is 11.1. The minimum absolute atomic E-state index is 0.0551. The molecule has 8 nitrogen and oxygen atoms in total. The summed E-state index contributed by atoms with van der Waals surface area (Å²) in [6.45, 7) is -0.129. The number of hydrogen-bond acceptors (Lipinski definition) is 6. The number of ether oxygens (including phenoxy) is 1. The van der Waals surface area contributed by atoms with Crippen molar-refractivity contribution in [1.82, 2.24) is 4.90 Å². The highest BCUT2D eigenvalue weighted by Gasteiger charge is 2.57. The predicted octanol–water partition coefficient (Wildman–Crippen LogP) is 1.40. The Balaban J connectivity index is 1.73. The van der Waals surface area contributed by atoms with Crippen LogP contribution >= 0.6 is 11.8 Å². The van der Waals surface area contributed by atoms with E-state index in [2.05, 4.69) is 0 Å². The Bertz CT molecular complexity index is 1070. The number of carbonyl (C=O) groups is 3. The molecule has 0 radical (unpaired) electrons. The average molecular weight is 427 g/mol. The molecule has 1 saturated heterocycles. The number of carbonyl (C=O) groups excluding carboxylic acids is 2. The van der Waals surface area contributed by atoms with E-state index in [1.54, 1.807) is 6.07 Å². The minimum atomic E-state index is -1.18. The van der Waals surface area contributed by atoms with Crippen LogP contribution in [0.15, 0.2) is 53.7 Å². The number of carboxylic acid groups (broad SMARTS) is 1. The molecule has 0 spiro atoms. The van der Waals surface area contributed by atoms with Crippen LogP contribution in [0, 0.1) is 0 Å². The summed E-state index contributed by atoms with van der Waals surface area (Å²) < 4.78 is 5.09. The van der Waals surface area contributed by atoms with Gasteiger partial charge in [-0.3, -0.25) is 19.4 Å². The second-order valence-electron chi connectivity index (χ2n) is 7.04. The Morgan fingerprint density at radius 3 is 2.67 bits per heavy atom. The first-order chi connectivity index (χ1) is 14.5. The third-order valence-corrected chi connectivity index (χ3v) is 6.60. The van der Waals surface area contributed by atoms with Crippen molar-refractivity contribution in [1.29, 1.82) is 0 Å². The van der Waals surface area contributed by atoms with Crippen molar-refractivity contribution in [2.45, 2.75) is 11.4 Å². The van der Waals surface area contributed by atoms with Crippen LogP contribution < -0.4 is 10.6 Å². The van der Waals surface area contributed by atoms with Gasteiger partial charge in [0.2, 0.25) is 5.91 Å². The number of fused-ring (bicyclic) bond motifs is 2. The van der Waals surface area contributed by atoms with Crippen molar-refractivity contribution in [3.63, 3.8) is 0 Å². The van der Waals surface area contributed by atoms with Crippen molar-refractivity contribution in [3.05, 3.63) is 53.7 Å². The molecule has 3 N–H and O–H groups in total. The van der Waals surface area contributed by atoms with Crippen LogP contribution in [0.4, 0.5) is 5.69 Å². The number of thioether (sulfide) groups is 1. The monoisotopic (exact) mass is 427 g/mol. The first kappa shape index (κ1) is 20.4. The van der Waals surface area contributed by atoms with Gasteiger partial charge in [-0.15, -0.1) is 11.8 Å². The summed E-state index contributed by atoms with van der Waals surface area (Å²) in [5.74, 6) is -1.61. The number of hydrogen-bond donors (Lipinski definition) is 2. The van der Waals surface area contributed by atoms with E-state index < -0.39 is 29.2 Å². The Kier molecular flexibility index (Phi) is 5.50. The summed E-state index contributed by atoms with van der Waals surface area (Å²) in [6, 6.07) is 12.4. The number of amides is 2. The highest BCUT2D eigenvalue weighted by Crippen LogP contribution is 2.43. The van der Waals surface area contributed by atoms with E-state index >= 15 is 0 Å². The van der Waals surface area contributed by atoms with Gasteiger partial charge in [0.05, 0.1) is 13.2 Å². The van der Waals surface area contributed by atoms with Crippen LogP contribution in [-0.4, -0.2) is 65.2 Å². The maximum Gasteiger partial charge on any atom is 0.352 e. The van der Waals surface area contributed by atoms with Crippen LogP contribution in [0.5, 0.6) is 0 Å². The van der Waals surface area contributed by atoms with E-state index in [9.17, 15) is 19.5 Å². The van der Waals surface area contributed by atoms with E-state index in [-0.39, 0.29) is 18.8 Å². The molecule has 2 amide bonds. The van der Waals surface area contributed by atoms with Gasteiger partial charge in [-0.05, 0) is 28.5 Å². The zero-order valence-corrected chi connectivity index (χ0v) is 17.1. The van der Waals surface area contributed by atoms with E-state index in [1.807, 2.05) is 36.4 Å². The summed E-state index contributed by atoms with van der Waals surface area (Å²) in [5.41, 5.74) is 6.70. The molecule has 1 fully saturated rings. The molecular formula is C21H21N3O5S. The number of carboxylic acids is 1. The lowest BCUT2D eigenvalue weighted by Crippen LogP contribution is -2.72. The number of benzene rings is 2. The van der Waals surface area contributed by atoms with Crippen LogP contribution in [0.25, 0.3) is 10.8 Å². The van der Waals surface area contributed by atoms with E-state index in [0.29, 0.717) is 17.0 Å². The van der Waals surface area contributed by atoms with Gasteiger partial charge in [-0.1, -0.05) is 30.3 Å². The van der Waals surface area contributed by atoms with Crippen LogP contribution in [0.1, 0.15) is 0 Å². The molecule has 2 aliphatic heterocycles. The Morgan fingerprint density at radius 2 is 2.00 bits per heavy atom. The first-order valence-corrected chi connectivity index (χ1v) is 10.4. The molecule has 1 unspecified atom stereocenters. The predicted molar refractivity (Wildman–Crippen MR) is 114 cm³/mol. The van der Waals surface area contributed by atoms with Crippen molar-refractivity contribution >= 4 is 46.0 Å². The Labute approximate surface area is 177 Å². The van der Waals surface area contributed by atoms with E-state index in [4.69, 9.17) is 10.5 Å². The van der Waals surface area contributed by atoms with Crippen molar-refractivity contribution in [2.24, 2.45) is 5.73 Å². The molecule has 156 valence electrons. The van der Waals surface area contributed by atoms with Crippen molar-refractivity contribution in [2.75, 3.05) is 30.9 Å². The largest absolute Gasteiger partial charge is 0.477 e. The maximum absolute atomic E-state index is 13.1. The minimum Gasteiger partial charge on any atom is -0.477 e. The number of nitrogens with two attached hydrogens (primary N) is 1. The fourth-order valence-corrected chi connectivity index (χ4v) is 5.31. The lowest BCUT2D eigenvalue weighted by molar-refractivity contribution is -0.149. The molecule has 2 atom stereocenters. The zero-order valence-electron chi connectivity index (χ0n) is 16.3. The molecule has 2 aromatic rings. The average Bonchev–Trinajstić information content (AvgIpc) is 2.76. The molecule has 4 rings (SSSR count). The third-order valence-electron chi connectivity index (χ3n) is 5.27. The number of aliphatic carboxylic acids is 1. The fraction of sp³-hybridized carbons (Fsp3) is 0.286. The maximum atomic E-state index is 13.1. The van der Waals surface area contributed by atoms with E-state index in [0.717, 1.165) is 10.8 Å². The standard InChI is InChI=1S/C21H21N3O5S/c1-29-10-14-11-30-20-18(19(26)24(20)17(14)21(27)28)23(16(25)9-22)15-7-6-12-4-2-3-5-13(12)8-15/h2-8,18,20H,9-11,22H2,1H3,(H,27,28)/t18?,20-/m0/s1. The molecule has 2 aliphatic rings. The molecular weight excluding hydrogens is 406 g/mol. The Hall–Kier alpha value is -2.88. The highest BCUT2D eigenvalue weighted by molar-refractivity contribution is 8.00. The molecule has 30 heavy (non-hydrogen) atoms. The van der Waals surface area contributed by atoms with Gasteiger partial charge in [-0.25, -0.2) is 4.79 Å². The van der Waals surface area contributed by atoms with Gasteiger partial charge in [0.15, 0.2) is 0 Å².